The van der Waals surface area contributed by atoms with Crippen molar-refractivity contribution >= 4 is 22.7 Å². The number of methoxy groups -OCH3 is 4. The highest BCUT2D eigenvalue weighted by Crippen LogP contribution is 2.39. The molecule has 146 valence electrons. The molecule has 0 radical (unpaired) electrons. The average Bonchev–Trinajstić information content (AvgIpc) is 3.23. The topological polar surface area (TPSA) is 75.8 Å². The molecule has 3 rings (SSSR count). The normalized spacial score (nSPS) is 11.2. The van der Waals surface area contributed by atoms with E-state index in [1.807, 2.05) is 24.3 Å². The molecule has 2 aromatic carbocycles. The van der Waals surface area contributed by atoms with E-state index in [4.69, 9.17) is 35.1 Å². The smallest absolute Gasteiger partial charge is 0.269 e. The lowest BCUT2D eigenvalue weighted by Crippen LogP contribution is -1.95. The lowest BCUT2D eigenvalue weighted by atomic mass is 10.1. The van der Waals surface area contributed by atoms with Crippen molar-refractivity contribution in [1.29, 1.82) is 0 Å². The van der Waals surface area contributed by atoms with E-state index in [1.165, 1.54) is 0 Å². The van der Waals surface area contributed by atoms with Gasteiger partial charge in [0, 0.05) is 5.56 Å². The van der Waals surface area contributed by atoms with Crippen LogP contribution in [0.3, 0.4) is 0 Å². The van der Waals surface area contributed by atoms with Gasteiger partial charge in [0.05, 0.1) is 28.4 Å². The Morgan fingerprint density at radius 2 is 1.68 bits per heavy atom. The molecule has 0 aliphatic heterocycles. The molecule has 7 nitrogen and oxygen atoms in total. The molecule has 0 N–H and O–H groups in total. The third-order valence-electron chi connectivity index (χ3n) is 3.94. The van der Waals surface area contributed by atoms with Gasteiger partial charge in [-0.25, -0.2) is 0 Å². The highest BCUT2D eigenvalue weighted by molar-refractivity contribution is 6.50. The van der Waals surface area contributed by atoms with E-state index in [2.05, 4.69) is 10.1 Å². The first-order valence-electron chi connectivity index (χ1n) is 8.25. The number of ether oxygens (including phenoxy) is 4. The maximum absolute atomic E-state index is 6.39. The first kappa shape index (κ1) is 19.6. The number of rotatable bonds is 7. The standard InChI is InChI=1S/C20H19ClN2O5/c1-24-14-7-5-6-13(11-14)19-22-20(28-23-19)15(21)8-12-9-16(25-2)18(27-4)17(10-12)26-3/h5-11H,1-4H3/b15-8-. The van der Waals surface area contributed by atoms with Crippen molar-refractivity contribution < 1.29 is 23.5 Å². The Balaban J connectivity index is 1.93. The molecule has 3 aromatic rings. The van der Waals surface area contributed by atoms with E-state index in [1.54, 1.807) is 46.6 Å². The van der Waals surface area contributed by atoms with Crippen molar-refractivity contribution in [3.8, 4) is 34.4 Å². The molecule has 0 unspecified atom stereocenters. The monoisotopic (exact) mass is 402 g/mol. The van der Waals surface area contributed by atoms with Gasteiger partial charge in [0.1, 0.15) is 10.8 Å². The summed E-state index contributed by atoms with van der Waals surface area (Å²) in [5.41, 5.74) is 1.48. The Labute approximate surface area is 167 Å². The van der Waals surface area contributed by atoms with Gasteiger partial charge in [-0.15, -0.1) is 0 Å². The van der Waals surface area contributed by atoms with Gasteiger partial charge in [-0.05, 0) is 35.9 Å². The summed E-state index contributed by atoms with van der Waals surface area (Å²) in [6, 6.07) is 10.9. The number of hydrogen-bond acceptors (Lipinski definition) is 7. The Bertz CT molecular complexity index is 975. The number of halogens is 1. The zero-order valence-electron chi connectivity index (χ0n) is 15.9. The highest BCUT2D eigenvalue weighted by Gasteiger charge is 2.15. The van der Waals surface area contributed by atoms with Crippen LogP contribution in [0, 0.1) is 0 Å². The molecule has 0 saturated heterocycles. The Morgan fingerprint density at radius 3 is 2.29 bits per heavy atom. The molecule has 1 aromatic heterocycles. The summed E-state index contributed by atoms with van der Waals surface area (Å²) in [7, 11) is 6.23. The quantitative estimate of drug-likeness (QED) is 0.575. The molecule has 0 saturated carbocycles. The predicted molar refractivity (Wildman–Crippen MR) is 106 cm³/mol. The summed E-state index contributed by atoms with van der Waals surface area (Å²) in [6.07, 6.45) is 1.68. The van der Waals surface area contributed by atoms with E-state index in [0.717, 1.165) is 11.1 Å². The third kappa shape index (κ3) is 4.04. The molecule has 8 heteroatoms. The van der Waals surface area contributed by atoms with Gasteiger partial charge in [-0.1, -0.05) is 28.9 Å². The van der Waals surface area contributed by atoms with Gasteiger partial charge >= 0.3 is 0 Å². The number of hydrogen-bond donors (Lipinski definition) is 0. The fraction of sp³-hybridized carbons (Fsp3) is 0.200. The average molecular weight is 403 g/mol. The maximum Gasteiger partial charge on any atom is 0.269 e. The number of benzene rings is 2. The number of aromatic nitrogens is 2. The van der Waals surface area contributed by atoms with Crippen molar-refractivity contribution in [3.63, 3.8) is 0 Å². The summed E-state index contributed by atoms with van der Waals surface area (Å²) >= 11 is 6.39. The second kappa shape index (κ2) is 8.67. The minimum Gasteiger partial charge on any atom is -0.497 e. The Kier molecular flexibility index (Phi) is 6.06. The molecule has 0 aliphatic rings. The van der Waals surface area contributed by atoms with Crippen molar-refractivity contribution in [1.82, 2.24) is 10.1 Å². The van der Waals surface area contributed by atoms with Crippen molar-refractivity contribution in [2.45, 2.75) is 0 Å². The zero-order chi connectivity index (χ0) is 20.1. The second-order valence-electron chi connectivity index (χ2n) is 5.61. The van der Waals surface area contributed by atoms with Crippen LogP contribution in [0.1, 0.15) is 11.5 Å². The van der Waals surface area contributed by atoms with Crippen LogP contribution in [0.15, 0.2) is 40.9 Å². The molecule has 0 bridgehead atoms. The lowest BCUT2D eigenvalue weighted by molar-refractivity contribution is 0.324. The van der Waals surface area contributed by atoms with Crippen LogP contribution in [0.5, 0.6) is 23.0 Å². The van der Waals surface area contributed by atoms with Crippen molar-refractivity contribution in [2.24, 2.45) is 0 Å². The first-order chi connectivity index (χ1) is 13.6. The van der Waals surface area contributed by atoms with Crippen LogP contribution < -0.4 is 18.9 Å². The van der Waals surface area contributed by atoms with Crippen molar-refractivity contribution in [3.05, 3.63) is 47.9 Å². The summed E-state index contributed by atoms with van der Waals surface area (Å²) < 4.78 is 26.5. The minimum atomic E-state index is 0.188. The fourth-order valence-electron chi connectivity index (χ4n) is 2.59. The van der Waals surface area contributed by atoms with Gasteiger partial charge in [0.25, 0.3) is 5.89 Å². The van der Waals surface area contributed by atoms with E-state index in [9.17, 15) is 0 Å². The van der Waals surface area contributed by atoms with Crippen LogP contribution in [0.25, 0.3) is 22.5 Å². The summed E-state index contributed by atoms with van der Waals surface area (Å²) in [5.74, 6) is 2.82. The van der Waals surface area contributed by atoms with Crippen molar-refractivity contribution in [2.75, 3.05) is 28.4 Å². The molecule has 0 atom stereocenters. The maximum atomic E-state index is 6.39. The van der Waals surface area contributed by atoms with Gasteiger partial charge < -0.3 is 23.5 Å². The van der Waals surface area contributed by atoms with Crippen LogP contribution in [-0.4, -0.2) is 38.6 Å². The van der Waals surface area contributed by atoms with Crippen LogP contribution >= 0.6 is 11.6 Å². The van der Waals surface area contributed by atoms with E-state index in [0.29, 0.717) is 28.8 Å². The summed E-state index contributed by atoms with van der Waals surface area (Å²) in [5, 5.41) is 4.26. The SMILES string of the molecule is COc1cccc(-c2noc(/C(Cl)=C/c3cc(OC)c(OC)c(OC)c3)n2)c1. The molecule has 1 heterocycles. The predicted octanol–water partition coefficient (Wildman–Crippen LogP) is 4.51. The second-order valence-corrected chi connectivity index (χ2v) is 6.01. The Hall–Kier alpha value is -3.19. The lowest BCUT2D eigenvalue weighted by Gasteiger charge is -2.12. The zero-order valence-corrected chi connectivity index (χ0v) is 16.6. The molecule has 0 aliphatic carbocycles. The van der Waals surface area contributed by atoms with E-state index >= 15 is 0 Å². The van der Waals surface area contributed by atoms with Crippen LogP contribution in [-0.2, 0) is 0 Å². The first-order valence-corrected chi connectivity index (χ1v) is 8.63. The summed E-state index contributed by atoms with van der Waals surface area (Å²) in [6.45, 7) is 0. The van der Waals surface area contributed by atoms with Crippen LogP contribution in [0.2, 0.25) is 0 Å². The molecule has 0 fully saturated rings. The van der Waals surface area contributed by atoms with Gasteiger partial charge in [0.15, 0.2) is 11.5 Å². The molecule has 0 spiro atoms. The van der Waals surface area contributed by atoms with Gasteiger partial charge in [0.2, 0.25) is 11.6 Å². The molecule has 0 amide bonds. The van der Waals surface area contributed by atoms with E-state index < -0.39 is 0 Å². The van der Waals surface area contributed by atoms with Gasteiger partial charge in [-0.3, -0.25) is 0 Å². The van der Waals surface area contributed by atoms with Crippen LogP contribution in [0.4, 0.5) is 0 Å². The highest BCUT2D eigenvalue weighted by atomic mass is 35.5. The summed E-state index contributed by atoms with van der Waals surface area (Å²) in [4.78, 5) is 4.35. The Morgan fingerprint density at radius 1 is 0.964 bits per heavy atom. The number of nitrogens with zero attached hydrogens (tertiary/aromatic N) is 2. The molecular formula is C20H19ClN2O5. The molecule has 28 heavy (non-hydrogen) atoms. The molecular weight excluding hydrogens is 384 g/mol. The van der Waals surface area contributed by atoms with Gasteiger partial charge in [-0.2, -0.15) is 4.98 Å². The third-order valence-corrected chi connectivity index (χ3v) is 4.21. The largest absolute Gasteiger partial charge is 0.497 e. The van der Waals surface area contributed by atoms with E-state index in [-0.39, 0.29) is 10.9 Å². The minimum absolute atomic E-state index is 0.188. The fourth-order valence-corrected chi connectivity index (χ4v) is 2.80.